The molecule has 0 spiro atoms. The lowest BCUT2D eigenvalue weighted by molar-refractivity contribution is -0.143. The number of hydrogen-bond donors (Lipinski definition) is 1. The van der Waals surface area contributed by atoms with E-state index in [1.807, 2.05) is 57.2 Å². The molecule has 2 aromatic carbocycles. The number of nitrogens with zero attached hydrogens (tertiary/aromatic N) is 4. The Kier molecular flexibility index (Phi) is 7.45. The Morgan fingerprint density at radius 3 is 2.54 bits per heavy atom. The fourth-order valence-electron chi connectivity index (χ4n) is 4.01. The van der Waals surface area contributed by atoms with Crippen LogP contribution in [0.25, 0.3) is 11.0 Å². The minimum absolute atomic E-state index is 0.0440. The summed E-state index contributed by atoms with van der Waals surface area (Å²) >= 11 is 0. The maximum absolute atomic E-state index is 13.6. The van der Waals surface area contributed by atoms with Crippen LogP contribution in [0.4, 0.5) is 0 Å². The van der Waals surface area contributed by atoms with E-state index in [1.165, 1.54) is 0 Å². The summed E-state index contributed by atoms with van der Waals surface area (Å²) in [6, 6.07) is 17.1. The van der Waals surface area contributed by atoms with Crippen LogP contribution in [-0.2, 0) is 22.7 Å². The van der Waals surface area contributed by atoms with Crippen LogP contribution in [0.1, 0.15) is 38.1 Å². The van der Waals surface area contributed by atoms with Gasteiger partial charge in [0.15, 0.2) is 0 Å². The first-order valence-corrected chi connectivity index (χ1v) is 11.6. The Morgan fingerprint density at radius 1 is 1.09 bits per heavy atom. The van der Waals surface area contributed by atoms with Gasteiger partial charge < -0.3 is 19.4 Å². The number of carbonyl (C=O) groups excluding carboxylic acids is 2. The summed E-state index contributed by atoms with van der Waals surface area (Å²) in [5.74, 6) is 0.765. The molecule has 9 nitrogen and oxygen atoms in total. The van der Waals surface area contributed by atoms with Crippen LogP contribution in [-0.4, -0.2) is 44.4 Å². The van der Waals surface area contributed by atoms with Crippen LogP contribution in [0.15, 0.2) is 71.3 Å². The van der Waals surface area contributed by atoms with Crippen molar-refractivity contribution in [2.75, 3.05) is 6.61 Å². The van der Waals surface area contributed by atoms with Gasteiger partial charge in [-0.15, -0.1) is 5.10 Å². The zero-order valence-electron chi connectivity index (χ0n) is 20.0. The number of furan rings is 1. The third-order valence-corrected chi connectivity index (χ3v) is 5.60. The molecule has 2 amide bonds. The number of ether oxygens (including phenoxy) is 1. The van der Waals surface area contributed by atoms with Crippen LogP contribution in [0.2, 0.25) is 0 Å². The van der Waals surface area contributed by atoms with Gasteiger partial charge in [0.25, 0.3) is 0 Å². The van der Waals surface area contributed by atoms with Crippen molar-refractivity contribution in [2.24, 2.45) is 0 Å². The molecule has 2 heterocycles. The van der Waals surface area contributed by atoms with E-state index >= 15 is 0 Å². The summed E-state index contributed by atoms with van der Waals surface area (Å²) in [6.07, 6.45) is 1.55. The van der Waals surface area contributed by atoms with Gasteiger partial charge in [-0.2, -0.15) is 0 Å². The largest absolute Gasteiger partial charge is 0.494 e. The lowest BCUT2D eigenvalue weighted by atomic mass is 10.0. The average molecular weight is 476 g/mol. The van der Waals surface area contributed by atoms with Crippen molar-refractivity contribution in [1.29, 1.82) is 0 Å². The molecule has 0 fully saturated rings. The highest BCUT2D eigenvalue weighted by molar-refractivity contribution is 5.89. The van der Waals surface area contributed by atoms with Crippen molar-refractivity contribution < 1.29 is 18.7 Å². The fourth-order valence-corrected chi connectivity index (χ4v) is 4.01. The number of para-hydroxylation sites is 1. The van der Waals surface area contributed by atoms with E-state index in [0.29, 0.717) is 29.2 Å². The summed E-state index contributed by atoms with van der Waals surface area (Å²) < 4.78 is 12.5. The molecule has 1 atom stereocenters. The number of benzene rings is 2. The molecule has 182 valence electrons. The van der Waals surface area contributed by atoms with E-state index in [1.54, 1.807) is 40.1 Å². The van der Waals surface area contributed by atoms with E-state index in [4.69, 9.17) is 9.15 Å². The Hall–Kier alpha value is -4.14. The van der Waals surface area contributed by atoms with Crippen molar-refractivity contribution in [1.82, 2.24) is 25.2 Å². The molecular formula is C26H29N5O4. The second kappa shape index (κ2) is 10.9. The van der Waals surface area contributed by atoms with E-state index in [2.05, 4.69) is 15.6 Å². The van der Waals surface area contributed by atoms with E-state index in [0.717, 1.165) is 5.52 Å². The Bertz CT molecular complexity index is 1260. The second-order valence-corrected chi connectivity index (χ2v) is 8.33. The minimum atomic E-state index is -0.858. The van der Waals surface area contributed by atoms with Crippen molar-refractivity contribution in [3.05, 3.63) is 78.3 Å². The SMILES string of the molecule is CCOc1ccc([C@H](C(=O)NCc2ccco2)N(C(=O)Cn2nnc3ccccc32)C(C)C)cc1. The van der Waals surface area contributed by atoms with Crippen molar-refractivity contribution in [2.45, 2.75) is 45.9 Å². The monoisotopic (exact) mass is 475 g/mol. The first kappa shape index (κ1) is 24.0. The topological polar surface area (TPSA) is 102 Å². The first-order chi connectivity index (χ1) is 17.0. The molecule has 0 aliphatic heterocycles. The Labute approximate surface area is 203 Å². The van der Waals surface area contributed by atoms with Gasteiger partial charge in [0, 0.05) is 6.04 Å². The molecule has 0 aliphatic rings. The van der Waals surface area contributed by atoms with E-state index in [-0.39, 0.29) is 30.9 Å². The smallest absolute Gasteiger partial charge is 0.247 e. The normalized spacial score (nSPS) is 12.0. The zero-order valence-corrected chi connectivity index (χ0v) is 20.0. The molecule has 0 aliphatic carbocycles. The van der Waals surface area contributed by atoms with Crippen LogP contribution in [0.3, 0.4) is 0 Å². The second-order valence-electron chi connectivity index (χ2n) is 8.33. The van der Waals surface area contributed by atoms with Crippen molar-refractivity contribution in [3.8, 4) is 5.75 Å². The van der Waals surface area contributed by atoms with E-state index < -0.39 is 6.04 Å². The third kappa shape index (κ3) is 5.51. The maximum atomic E-state index is 13.6. The molecule has 0 saturated carbocycles. The lowest BCUT2D eigenvalue weighted by Crippen LogP contribution is -2.48. The van der Waals surface area contributed by atoms with Gasteiger partial charge in [-0.3, -0.25) is 9.59 Å². The minimum Gasteiger partial charge on any atom is -0.494 e. The number of amides is 2. The summed E-state index contributed by atoms with van der Waals surface area (Å²) in [7, 11) is 0. The van der Waals surface area contributed by atoms with Crippen LogP contribution < -0.4 is 10.1 Å². The number of rotatable bonds is 10. The van der Waals surface area contributed by atoms with Gasteiger partial charge in [-0.05, 0) is 62.7 Å². The highest BCUT2D eigenvalue weighted by Crippen LogP contribution is 2.27. The highest BCUT2D eigenvalue weighted by atomic mass is 16.5. The predicted octanol–water partition coefficient (Wildman–Crippen LogP) is 3.72. The van der Waals surface area contributed by atoms with Gasteiger partial charge in [-0.1, -0.05) is 29.5 Å². The zero-order chi connectivity index (χ0) is 24.8. The average Bonchev–Trinajstić information content (AvgIpc) is 3.52. The van der Waals surface area contributed by atoms with Gasteiger partial charge in [0.2, 0.25) is 11.8 Å². The standard InChI is InChI=1S/C26H29N5O4/c1-4-34-20-13-11-19(12-14-20)25(26(33)27-16-21-8-7-15-35-21)31(18(2)3)24(32)17-30-23-10-6-5-9-22(23)28-29-30/h5-15,18,25H,4,16-17H2,1-3H3,(H,27,33)/t25-/m1/s1. The number of carbonyl (C=O) groups is 2. The first-order valence-electron chi connectivity index (χ1n) is 11.6. The Balaban J connectivity index is 1.64. The molecule has 0 unspecified atom stereocenters. The quantitative estimate of drug-likeness (QED) is 0.375. The molecule has 2 aromatic heterocycles. The molecule has 4 aromatic rings. The van der Waals surface area contributed by atoms with Crippen LogP contribution in [0, 0.1) is 0 Å². The lowest BCUT2D eigenvalue weighted by Gasteiger charge is -2.34. The third-order valence-electron chi connectivity index (χ3n) is 5.60. The predicted molar refractivity (Wildman–Crippen MR) is 130 cm³/mol. The molecule has 4 rings (SSSR count). The highest BCUT2D eigenvalue weighted by Gasteiger charge is 2.33. The molecule has 9 heteroatoms. The summed E-state index contributed by atoms with van der Waals surface area (Å²) in [4.78, 5) is 28.7. The molecule has 35 heavy (non-hydrogen) atoms. The molecule has 1 N–H and O–H groups in total. The maximum Gasteiger partial charge on any atom is 0.247 e. The van der Waals surface area contributed by atoms with Crippen LogP contribution in [0.5, 0.6) is 5.75 Å². The van der Waals surface area contributed by atoms with Gasteiger partial charge in [0.05, 0.1) is 24.9 Å². The van der Waals surface area contributed by atoms with Crippen molar-refractivity contribution >= 4 is 22.8 Å². The molecule has 0 saturated heterocycles. The fraction of sp³-hybridized carbons (Fsp3) is 0.308. The Morgan fingerprint density at radius 2 is 1.86 bits per heavy atom. The van der Waals surface area contributed by atoms with Crippen molar-refractivity contribution in [3.63, 3.8) is 0 Å². The summed E-state index contributed by atoms with van der Waals surface area (Å²) in [5, 5.41) is 11.2. The molecular weight excluding hydrogens is 446 g/mol. The molecule has 0 radical (unpaired) electrons. The number of aromatic nitrogens is 3. The summed E-state index contributed by atoms with van der Waals surface area (Å²) in [6.45, 7) is 6.39. The molecule has 0 bridgehead atoms. The van der Waals surface area contributed by atoms with Gasteiger partial charge >= 0.3 is 0 Å². The van der Waals surface area contributed by atoms with Crippen LogP contribution >= 0.6 is 0 Å². The van der Waals surface area contributed by atoms with Gasteiger partial charge in [0.1, 0.15) is 29.6 Å². The van der Waals surface area contributed by atoms with E-state index in [9.17, 15) is 9.59 Å². The number of nitrogens with one attached hydrogen (secondary N) is 1. The summed E-state index contributed by atoms with van der Waals surface area (Å²) in [5.41, 5.74) is 2.14. The number of fused-ring (bicyclic) bond motifs is 1. The van der Waals surface area contributed by atoms with Gasteiger partial charge in [-0.25, -0.2) is 4.68 Å². The number of hydrogen-bond acceptors (Lipinski definition) is 6.